The van der Waals surface area contributed by atoms with E-state index >= 15 is 0 Å². The molecule has 2 aliphatic rings. The molecule has 0 radical (unpaired) electrons. The highest BCUT2D eigenvalue weighted by molar-refractivity contribution is 6.32. The highest BCUT2D eigenvalue weighted by atomic mass is 14.5. The van der Waals surface area contributed by atoms with Crippen LogP contribution in [0.1, 0.15) is 44.5 Å². The zero-order valence-electron chi connectivity index (χ0n) is 21.4. The van der Waals surface area contributed by atoms with Gasteiger partial charge in [-0.15, -0.1) is 0 Å². The van der Waals surface area contributed by atoms with Gasteiger partial charge in [-0.25, -0.2) is 0 Å². The summed E-state index contributed by atoms with van der Waals surface area (Å²) in [4.78, 5) is 0. The lowest BCUT2D eigenvalue weighted by Crippen LogP contribution is -2.05. The van der Waals surface area contributed by atoms with Gasteiger partial charge in [0, 0.05) is 44.5 Å². The number of fused-ring (bicyclic) bond motifs is 2. The van der Waals surface area contributed by atoms with Gasteiger partial charge in [-0.2, -0.15) is 42.1 Å². The first-order valence-corrected chi connectivity index (χ1v) is 12.1. The van der Waals surface area contributed by atoms with E-state index in [0.717, 1.165) is 0 Å². The molecule has 3 aromatic rings. The zero-order chi connectivity index (χ0) is 30.0. The minimum Gasteiger partial charge on any atom is -0.192 e. The van der Waals surface area contributed by atoms with Gasteiger partial charge in [0.2, 0.25) is 0 Å². The normalized spacial score (nSPS) is 12.3. The molecule has 8 heteroatoms. The van der Waals surface area contributed by atoms with Crippen molar-refractivity contribution in [1.82, 2.24) is 0 Å². The van der Waals surface area contributed by atoms with Crippen molar-refractivity contribution in [2.75, 3.05) is 0 Å². The summed E-state index contributed by atoms with van der Waals surface area (Å²) in [7, 11) is 0. The third-order valence-electron chi connectivity index (χ3n) is 7.02. The summed E-state index contributed by atoms with van der Waals surface area (Å²) in [6.45, 7) is 0. The molecular weight excluding hydrogens is 520 g/mol. The number of allylic oxidation sites excluding steroid dienone is 8. The molecule has 0 atom stereocenters. The maximum atomic E-state index is 10.6. The first kappa shape index (κ1) is 26.2. The first-order chi connectivity index (χ1) is 20.6. The van der Waals surface area contributed by atoms with Crippen molar-refractivity contribution in [3.05, 3.63) is 116 Å². The van der Waals surface area contributed by atoms with E-state index in [1.54, 1.807) is 60.7 Å². The van der Waals surface area contributed by atoms with Gasteiger partial charge in [0.25, 0.3) is 0 Å². The maximum Gasteiger partial charge on any atom is 0.138 e. The maximum absolute atomic E-state index is 10.6. The predicted octanol–water partition coefficient (Wildman–Crippen LogP) is 5.93. The highest BCUT2D eigenvalue weighted by Gasteiger charge is 2.43. The van der Waals surface area contributed by atoms with E-state index in [9.17, 15) is 42.1 Å². The summed E-state index contributed by atoms with van der Waals surface area (Å²) in [6, 6.07) is 32.7. The molecule has 0 aromatic heterocycles. The van der Waals surface area contributed by atoms with E-state index in [0.29, 0.717) is 11.1 Å². The van der Waals surface area contributed by atoms with Crippen molar-refractivity contribution in [2.24, 2.45) is 0 Å². The van der Waals surface area contributed by atoms with Crippen molar-refractivity contribution in [3.8, 4) is 48.6 Å². The zero-order valence-corrected chi connectivity index (χ0v) is 21.4. The Morgan fingerprint density at radius 3 is 1.02 bits per heavy atom. The molecule has 186 valence electrons. The lowest BCUT2D eigenvalue weighted by molar-refractivity contribution is 1.37. The summed E-state index contributed by atoms with van der Waals surface area (Å²) in [5.74, 6) is 0. The third kappa shape index (κ3) is 3.47. The molecule has 0 saturated carbocycles. The second-order valence-electron chi connectivity index (χ2n) is 8.88. The van der Waals surface area contributed by atoms with Crippen LogP contribution < -0.4 is 0 Å². The Kier molecular flexibility index (Phi) is 6.45. The molecule has 0 unspecified atom stereocenters. The van der Waals surface area contributed by atoms with Crippen LogP contribution in [-0.2, 0) is 0 Å². The lowest BCUT2D eigenvalue weighted by atomic mass is 9.82. The van der Waals surface area contributed by atoms with Crippen molar-refractivity contribution >= 4 is 33.4 Å². The van der Waals surface area contributed by atoms with Crippen molar-refractivity contribution in [3.63, 3.8) is 0 Å². The molecule has 0 fully saturated rings. The monoisotopic (exact) mass is 530 g/mol. The van der Waals surface area contributed by atoms with E-state index in [4.69, 9.17) is 0 Å². The van der Waals surface area contributed by atoms with E-state index < -0.39 is 11.1 Å². The fourth-order valence-corrected chi connectivity index (χ4v) is 5.51. The van der Waals surface area contributed by atoms with E-state index in [1.807, 2.05) is 24.3 Å². The fraction of sp³-hybridized carbons (Fsp3) is 0. The summed E-state index contributed by atoms with van der Waals surface area (Å²) >= 11 is 0. The number of hydrogen-bond acceptors (Lipinski definition) is 8. The Bertz CT molecular complexity index is 2060. The van der Waals surface area contributed by atoms with Crippen LogP contribution in [0.15, 0.2) is 71.8 Å². The van der Waals surface area contributed by atoms with Crippen molar-refractivity contribution in [2.45, 2.75) is 0 Å². The predicted molar refractivity (Wildman–Crippen MR) is 150 cm³/mol. The largest absolute Gasteiger partial charge is 0.192 e. The fourth-order valence-electron chi connectivity index (χ4n) is 5.51. The van der Waals surface area contributed by atoms with Gasteiger partial charge < -0.3 is 0 Å². The van der Waals surface area contributed by atoms with E-state index in [1.165, 1.54) is 0 Å². The van der Waals surface area contributed by atoms with Crippen LogP contribution in [0, 0.1) is 90.6 Å². The number of nitrogens with zero attached hydrogens (tertiary/aromatic N) is 8. The average molecular weight is 531 g/mol. The van der Waals surface area contributed by atoms with Crippen LogP contribution in [0.4, 0.5) is 0 Å². The molecule has 8 nitrogen and oxygen atoms in total. The first-order valence-electron chi connectivity index (χ1n) is 12.1. The molecule has 5 rings (SSSR count). The number of nitriles is 8. The molecule has 0 heterocycles. The lowest BCUT2D eigenvalue weighted by Gasteiger charge is -2.16. The van der Waals surface area contributed by atoms with E-state index in [2.05, 4.69) is 24.3 Å². The third-order valence-corrected chi connectivity index (χ3v) is 7.02. The van der Waals surface area contributed by atoms with Crippen LogP contribution in [0.2, 0.25) is 0 Å². The van der Waals surface area contributed by atoms with Crippen molar-refractivity contribution in [1.29, 1.82) is 42.1 Å². The Morgan fingerprint density at radius 2 is 0.738 bits per heavy atom. The number of hydrogen-bond donors (Lipinski definition) is 0. The molecule has 0 saturated heterocycles. The molecule has 0 spiro atoms. The smallest absolute Gasteiger partial charge is 0.138 e. The number of rotatable bonds is 2. The highest BCUT2D eigenvalue weighted by Crippen LogP contribution is 2.57. The second kappa shape index (κ2) is 10.4. The van der Waals surface area contributed by atoms with Crippen LogP contribution in [0.25, 0.3) is 33.4 Å². The van der Waals surface area contributed by atoms with Gasteiger partial charge in [-0.1, -0.05) is 60.7 Å². The second-order valence-corrected chi connectivity index (χ2v) is 8.88. The number of benzene rings is 3. The molecule has 0 amide bonds. The molecule has 0 aliphatic heterocycles. The molecular formula is C34H10N8. The summed E-state index contributed by atoms with van der Waals surface area (Å²) in [6.07, 6.45) is 0. The Balaban J connectivity index is 2.14. The Hall–Kier alpha value is -7.46. The van der Waals surface area contributed by atoms with Gasteiger partial charge in [-0.3, -0.25) is 0 Å². The molecule has 0 N–H and O–H groups in total. The SMILES string of the molecule is N#CC(C#N)=C1C(c2ccccc2)=C(C#N)c2c(C#N)c3c(c(C#N)c21)C(=C(C#N)C#N)C(c1ccccc1)=C3C#N. The van der Waals surface area contributed by atoms with Crippen LogP contribution >= 0.6 is 0 Å². The average Bonchev–Trinajstić information content (AvgIpc) is 3.56. The van der Waals surface area contributed by atoms with Gasteiger partial charge in [0.1, 0.15) is 59.7 Å². The summed E-state index contributed by atoms with van der Waals surface area (Å²) in [5.41, 5.74) is -0.00574. The van der Waals surface area contributed by atoms with E-state index in [-0.39, 0.29) is 66.8 Å². The van der Waals surface area contributed by atoms with Crippen LogP contribution in [0.5, 0.6) is 0 Å². The minimum atomic E-state index is -0.401. The van der Waals surface area contributed by atoms with Gasteiger partial charge >= 0.3 is 0 Å². The standard InChI is InChI=1S/C34H10N8/c35-11-21(12-36)29-27(19-7-3-1-4-8-19)23(15-39)31-25(17-41)32-24(16-40)28(20-9-5-2-6-10-20)30(22(13-37)14-38)34(32)26(18-42)33(29)31/h1-10H. The molecule has 3 aromatic carbocycles. The van der Waals surface area contributed by atoms with Crippen LogP contribution in [-0.4, -0.2) is 0 Å². The molecule has 0 bridgehead atoms. The summed E-state index contributed by atoms with van der Waals surface area (Å²) < 4.78 is 0. The Labute approximate surface area is 240 Å². The Morgan fingerprint density at radius 1 is 0.405 bits per heavy atom. The van der Waals surface area contributed by atoms with Crippen molar-refractivity contribution < 1.29 is 0 Å². The molecule has 2 aliphatic carbocycles. The van der Waals surface area contributed by atoms with Crippen LogP contribution in [0.3, 0.4) is 0 Å². The quantitative estimate of drug-likeness (QED) is 0.364. The summed E-state index contributed by atoms with van der Waals surface area (Å²) in [5, 5.41) is 82.0. The topological polar surface area (TPSA) is 190 Å². The van der Waals surface area contributed by atoms with Gasteiger partial charge in [-0.05, 0) is 11.1 Å². The van der Waals surface area contributed by atoms with Gasteiger partial charge in [0.15, 0.2) is 0 Å². The van der Waals surface area contributed by atoms with Gasteiger partial charge in [0.05, 0.1) is 22.3 Å². The minimum absolute atomic E-state index is 0.00373. The molecule has 42 heavy (non-hydrogen) atoms.